The van der Waals surface area contributed by atoms with Crippen LogP contribution in [0.1, 0.15) is 18.4 Å². The Morgan fingerprint density at radius 1 is 1.27 bits per heavy atom. The molecule has 0 amide bonds. The van der Waals surface area contributed by atoms with Gasteiger partial charge in [-0.15, -0.1) is 0 Å². The first-order valence-electron chi connectivity index (χ1n) is 5.78. The summed E-state index contributed by atoms with van der Waals surface area (Å²) < 4.78 is 0. The summed E-state index contributed by atoms with van der Waals surface area (Å²) in [7, 11) is 0. The van der Waals surface area contributed by atoms with E-state index < -0.39 is 0 Å². The first-order chi connectivity index (χ1) is 7.45. The fourth-order valence-corrected chi connectivity index (χ4v) is 2.00. The molecule has 2 heterocycles. The number of nitrogens with one attached hydrogen (secondary N) is 2. The molecule has 0 saturated carbocycles. The molecule has 0 aliphatic carbocycles. The van der Waals surface area contributed by atoms with Crippen molar-refractivity contribution >= 4 is 0 Å². The number of piperidine rings is 1. The Kier molecular flexibility index (Phi) is 4.11. The third kappa shape index (κ3) is 3.61. The van der Waals surface area contributed by atoms with Crippen LogP contribution in [0, 0.1) is 0 Å². The molecule has 1 fully saturated rings. The molecule has 15 heavy (non-hydrogen) atoms. The Labute approximate surface area is 91.3 Å². The largest absolute Gasteiger partial charge is 0.317 e. The molecular weight excluding hydrogens is 186 g/mol. The summed E-state index contributed by atoms with van der Waals surface area (Å²) in [4.78, 5) is 4.01. The molecule has 1 aromatic heterocycles. The van der Waals surface area contributed by atoms with Gasteiger partial charge in [-0.3, -0.25) is 4.98 Å². The van der Waals surface area contributed by atoms with Crippen molar-refractivity contribution in [3.8, 4) is 0 Å². The van der Waals surface area contributed by atoms with E-state index in [4.69, 9.17) is 0 Å². The highest BCUT2D eigenvalue weighted by Crippen LogP contribution is 2.02. The average Bonchev–Trinajstić information content (AvgIpc) is 2.32. The van der Waals surface area contributed by atoms with Gasteiger partial charge in [0.05, 0.1) is 0 Å². The highest BCUT2D eigenvalue weighted by atomic mass is 15.0. The van der Waals surface area contributed by atoms with Crippen molar-refractivity contribution in [3.05, 3.63) is 30.1 Å². The molecule has 0 unspecified atom stereocenters. The van der Waals surface area contributed by atoms with E-state index in [1.165, 1.54) is 18.4 Å². The summed E-state index contributed by atoms with van der Waals surface area (Å²) in [6.45, 7) is 3.40. The Morgan fingerprint density at radius 2 is 2.00 bits per heavy atom. The van der Waals surface area contributed by atoms with E-state index in [1.807, 2.05) is 12.4 Å². The van der Waals surface area contributed by atoms with Crippen LogP contribution in [0.15, 0.2) is 24.5 Å². The highest BCUT2D eigenvalue weighted by molar-refractivity contribution is 5.09. The zero-order chi connectivity index (χ0) is 10.3. The standard InChI is InChI=1S/C12H19N3/c1-6-13-7-2-11(1)3-10-15-12-4-8-14-9-5-12/h1-2,6-7,12,14-15H,3-5,8-10H2. The molecule has 0 aromatic carbocycles. The Hall–Kier alpha value is -0.930. The molecule has 3 heteroatoms. The molecule has 1 aliphatic rings. The Balaban J connectivity index is 1.66. The first-order valence-corrected chi connectivity index (χ1v) is 5.78. The van der Waals surface area contributed by atoms with Gasteiger partial charge >= 0.3 is 0 Å². The highest BCUT2D eigenvalue weighted by Gasteiger charge is 2.11. The van der Waals surface area contributed by atoms with Crippen LogP contribution >= 0.6 is 0 Å². The maximum Gasteiger partial charge on any atom is 0.0270 e. The lowest BCUT2D eigenvalue weighted by atomic mass is 10.1. The summed E-state index contributed by atoms with van der Waals surface area (Å²) in [6, 6.07) is 4.89. The second kappa shape index (κ2) is 5.83. The van der Waals surface area contributed by atoms with E-state index >= 15 is 0 Å². The molecule has 2 rings (SSSR count). The normalized spacial score (nSPS) is 17.9. The average molecular weight is 205 g/mol. The van der Waals surface area contributed by atoms with E-state index in [0.29, 0.717) is 6.04 Å². The maximum absolute atomic E-state index is 4.01. The summed E-state index contributed by atoms with van der Waals surface area (Å²) in [5, 5.41) is 6.98. The molecule has 2 N–H and O–H groups in total. The number of pyridine rings is 1. The predicted molar refractivity (Wildman–Crippen MR) is 61.8 cm³/mol. The molecule has 0 radical (unpaired) electrons. The smallest absolute Gasteiger partial charge is 0.0270 e. The van der Waals surface area contributed by atoms with Crippen LogP contribution in [0.2, 0.25) is 0 Å². The van der Waals surface area contributed by atoms with Gasteiger partial charge in [0.25, 0.3) is 0 Å². The summed E-state index contributed by atoms with van der Waals surface area (Å²) in [6.07, 6.45) is 7.35. The van der Waals surface area contributed by atoms with Crippen LogP contribution in [-0.2, 0) is 6.42 Å². The third-order valence-electron chi connectivity index (χ3n) is 2.94. The van der Waals surface area contributed by atoms with Gasteiger partial charge in [0.1, 0.15) is 0 Å². The molecular formula is C12H19N3. The molecule has 82 valence electrons. The molecule has 0 spiro atoms. The number of nitrogens with zero attached hydrogens (tertiary/aromatic N) is 1. The molecule has 0 atom stereocenters. The molecule has 3 nitrogen and oxygen atoms in total. The van der Waals surface area contributed by atoms with Crippen LogP contribution < -0.4 is 10.6 Å². The van der Waals surface area contributed by atoms with Crippen LogP contribution in [0.25, 0.3) is 0 Å². The maximum atomic E-state index is 4.01. The van der Waals surface area contributed by atoms with Gasteiger partial charge in [0.15, 0.2) is 0 Å². The van der Waals surface area contributed by atoms with Gasteiger partial charge in [0, 0.05) is 18.4 Å². The third-order valence-corrected chi connectivity index (χ3v) is 2.94. The van der Waals surface area contributed by atoms with Gasteiger partial charge in [-0.05, 0) is 56.6 Å². The SMILES string of the molecule is c1cc(CCNC2CCNCC2)ccn1. The lowest BCUT2D eigenvalue weighted by molar-refractivity contribution is 0.389. The fraction of sp³-hybridized carbons (Fsp3) is 0.583. The minimum absolute atomic E-state index is 0.716. The van der Waals surface area contributed by atoms with Crippen LogP contribution in [0.3, 0.4) is 0 Å². The minimum atomic E-state index is 0.716. The van der Waals surface area contributed by atoms with Gasteiger partial charge < -0.3 is 10.6 Å². The van der Waals surface area contributed by atoms with E-state index in [9.17, 15) is 0 Å². The lowest BCUT2D eigenvalue weighted by Crippen LogP contribution is -2.40. The lowest BCUT2D eigenvalue weighted by Gasteiger charge is -2.23. The van der Waals surface area contributed by atoms with Crippen molar-refractivity contribution < 1.29 is 0 Å². The van der Waals surface area contributed by atoms with Crippen molar-refractivity contribution in [1.29, 1.82) is 0 Å². The van der Waals surface area contributed by atoms with Crippen molar-refractivity contribution in [2.75, 3.05) is 19.6 Å². The van der Waals surface area contributed by atoms with Gasteiger partial charge in [-0.25, -0.2) is 0 Å². The summed E-state index contributed by atoms with van der Waals surface area (Å²) >= 11 is 0. The number of aromatic nitrogens is 1. The monoisotopic (exact) mass is 205 g/mol. The Bertz CT molecular complexity index is 267. The van der Waals surface area contributed by atoms with Crippen molar-refractivity contribution in [2.24, 2.45) is 0 Å². The van der Waals surface area contributed by atoms with Gasteiger partial charge in [0.2, 0.25) is 0 Å². The first kappa shape index (κ1) is 10.6. The topological polar surface area (TPSA) is 37.0 Å². The summed E-state index contributed by atoms with van der Waals surface area (Å²) in [5.41, 5.74) is 1.37. The van der Waals surface area contributed by atoms with E-state index in [-0.39, 0.29) is 0 Å². The fourth-order valence-electron chi connectivity index (χ4n) is 2.00. The second-order valence-electron chi connectivity index (χ2n) is 4.08. The number of rotatable bonds is 4. The van der Waals surface area contributed by atoms with Gasteiger partial charge in [-0.2, -0.15) is 0 Å². The summed E-state index contributed by atoms with van der Waals surface area (Å²) in [5.74, 6) is 0. The van der Waals surface area contributed by atoms with Crippen LogP contribution in [-0.4, -0.2) is 30.7 Å². The van der Waals surface area contributed by atoms with Gasteiger partial charge in [-0.1, -0.05) is 0 Å². The molecule has 1 aromatic rings. The Morgan fingerprint density at radius 3 is 2.73 bits per heavy atom. The van der Waals surface area contributed by atoms with Crippen LogP contribution in [0.5, 0.6) is 0 Å². The van der Waals surface area contributed by atoms with E-state index in [1.54, 1.807) is 0 Å². The van der Waals surface area contributed by atoms with Crippen LogP contribution in [0.4, 0.5) is 0 Å². The van der Waals surface area contributed by atoms with Crippen molar-refractivity contribution in [1.82, 2.24) is 15.6 Å². The predicted octanol–water partition coefficient (Wildman–Crippen LogP) is 0.966. The minimum Gasteiger partial charge on any atom is -0.317 e. The van der Waals surface area contributed by atoms with Crippen molar-refractivity contribution in [2.45, 2.75) is 25.3 Å². The number of hydrogen-bond acceptors (Lipinski definition) is 3. The molecule has 1 saturated heterocycles. The molecule has 0 bridgehead atoms. The quantitative estimate of drug-likeness (QED) is 0.769. The zero-order valence-electron chi connectivity index (χ0n) is 9.08. The number of hydrogen-bond donors (Lipinski definition) is 2. The second-order valence-corrected chi connectivity index (χ2v) is 4.08. The van der Waals surface area contributed by atoms with E-state index in [2.05, 4.69) is 27.8 Å². The molecule has 1 aliphatic heterocycles. The van der Waals surface area contributed by atoms with E-state index in [0.717, 1.165) is 26.1 Å². The van der Waals surface area contributed by atoms with Crippen molar-refractivity contribution in [3.63, 3.8) is 0 Å². The zero-order valence-corrected chi connectivity index (χ0v) is 9.08.